The van der Waals surface area contributed by atoms with E-state index in [9.17, 15) is 5.11 Å². The van der Waals surface area contributed by atoms with Crippen LogP contribution in [0.3, 0.4) is 0 Å². The summed E-state index contributed by atoms with van der Waals surface area (Å²) in [6, 6.07) is 5.37. The van der Waals surface area contributed by atoms with Crippen molar-refractivity contribution in [3.63, 3.8) is 0 Å². The molecule has 1 aliphatic rings. The van der Waals surface area contributed by atoms with Crippen LogP contribution in [0, 0.1) is 5.92 Å². The molecule has 0 aromatic heterocycles. The maximum absolute atomic E-state index is 9.92. The maximum Gasteiger partial charge on any atom is 0.121 e. The van der Waals surface area contributed by atoms with Gasteiger partial charge in [-0.25, -0.2) is 0 Å². The molecule has 0 saturated carbocycles. The highest BCUT2D eigenvalue weighted by Crippen LogP contribution is 2.28. The van der Waals surface area contributed by atoms with Crippen LogP contribution in [0.2, 0.25) is 5.02 Å². The molecule has 1 saturated heterocycles. The van der Waals surface area contributed by atoms with Crippen molar-refractivity contribution in [2.24, 2.45) is 5.92 Å². The van der Waals surface area contributed by atoms with Crippen LogP contribution in [-0.2, 0) is 6.54 Å². The van der Waals surface area contributed by atoms with E-state index in [-0.39, 0.29) is 0 Å². The molecular formula is C16H24ClNO. The van der Waals surface area contributed by atoms with E-state index in [1.807, 2.05) is 6.07 Å². The number of nitrogens with zero attached hydrogens (tertiary/aromatic N) is 1. The third-order valence-corrected chi connectivity index (χ3v) is 4.47. The first-order valence-corrected chi connectivity index (χ1v) is 7.77. The highest BCUT2D eigenvalue weighted by atomic mass is 35.5. The zero-order chi connectivity index (χ0) is 13.7. The van der Waals surface area contributed by atoms with Gasteiger partial charge in [-0.3, -0.25) is 4.90 Å². The Kier molecular flexibility index (Phi) is 5.53. The number of aromatic hydroxyl groups is 1. The molecule has 1 atom stereocenters. The summed E-state index contributed by atoms with van der Waals surface area (Å²) in [5, 5.41) is 10.6. The number of phenols is 1. The lowest BCUT2D eigenvalue weighted by Crippen LogP contribution is -2.24. The Morgan fingerprint density at radius 3 is 2.89 bits per heavy atom. The van der Waals surface area contributed by atoms with Crippen LogP contribution in [0.15, 0.2) is 18.2 Å². The molecule has 2 nitrogen and oxygen atoms in total. The summed E-state index contributed by atoms with van der Waals surface area (Å²) in [4.78, 5) is 2.43. The van der Waals surface area contributed by atoms with Crippen molar-refractivity contribution in [3.05, 3.63) is 28.8 Å². The summed E-state index contributed by atoms with van der Waals surface area (Å²) in [5.74, 6) is 1.21. The van der Waals surface area contributed by atoms with Gasteiger partial charge < -0.3 is 5.11 Å². The standard InChI is InChI=1S/C16H24ClNO/c1-2-5-13-6-4-10-18(11-9-13)12-14-15(17)7-3-8-16(14)19/h3,7-8,13,19H,2,4-6,9-12H2,1H3. The molecule has 1 aromatic rings. The topological polar surface area (TPSA) is 23.5 Å². The van der Waals surface area contributed by atoms with Crippen molar-refractivity contribution in [1.82, 2.24) is 4.90 Å². The van der Waals surface area contributed by atoms with Crippen molar-refractivity contribution in [1.29, 1.82) is 0 Å². The molecule has 1 unspecified atom stereocenters. The predicted octanol–water partition coefficient (Wildman–Crippen LogP) is 4.45. The number of hydrogen-bond donors (Lipinski definition) is 1. The van der Waals surface area contributed by atoms with E-state index in [0.29, 0.717) is 10.8 Å². The SMILES string of the molecule is CCCC1CCCN(Cc2c(O)cccc2Cl)CC1. The number of likely N-dealkylation sites (tertiary alicyclic amines) is 1. The van der Waals surface area contributed by atoms with Gasteiger partial charge in [-0.05, 0) is 50.4 Å². The van der Waals surface area contributed by atoms with Crippen LogP contribution in [0.25, 0.3) is 0 Å². The maximum atomic E-state index is 9.92. The quantitative estimate of drug-likeness (QED) is 0.881. The minimum atomic E-state index is 0.321. The second-order valence-corrected chi connectivity index (χ2v) is 6.01. The molecule has 19 heavy (non-hydrogen) atoms. The molecular weight excluding hydrogens is 258 g/mol. The van der Waals surface area contributed by atoms with Gasteiger partial charge in [0.2, 0.25) is 0 Å². The molecule has 0 bridgehead atoms. The third-order valence-electron chi connectivity index (χ3n) is 4.11. The van der Waals surface area contributed by atoms with E-state index in [1.165, 1.54) is 32.1 Å². The average molecular weight is 282 g/mol. The fourth-order valence-corrected chi connectivity index (χ4v) is 3.24. The number of phenolic OH excluding ortho intramolecular Hbond substituents is 1. The Morgan fingerprint density at radius 2 is 2.16 bits per heavy atom. The van der Waals surface area contributed by atoms with Gasteiger partial charge >= 0.3 is 0 Å². The third kappa shape index (κ3) is 4.12. The van der Waals surface area contributed by atoms with Crippen LogP contribution in [0.4, 0.5) is 0 Å². The molecule has 1 aliphatic heterocycles. The van der Waals surface area contributed by atoms with Crippen LogP contribution in [-0.4, -0.2) is 23.1 Å². The first-order valence-electron chi connectivity index (χ1n) is 7.39. The Morgan fingerprint density at radius 1 is 1.32 bits per heavy atom. The number of halogens is 1. The Bertz CT molecular complexity index is 387. The van der Waals surface area contributed by atoms with Gasteiger partial charge in [0.25, 0.3) is 0 Å². The predicted molar refractivity (Wildman–Crippen MR) is 80.6 cm³/mol. The molecule has 1 N–H and O–H groups in total. The zero-order valence-corrected chi connectivity index (χ0v) is 12.5. The minimum Gasteiger partial charge on any atom is -0.508 e. The number of rotatable bonds is 4. The van der Waals surface area contributed by atoms with Crippen molar-refractivity contribution in [3.8, 4) is 5.75 Å². The molecule has 1 fully saturated rings. The fraction of sp³-hybridized carbons (Fsp3) is 0.625. The summed E-state index contributed by atoms with van der Waals surface area (Å²) in [6.07, 6.45) is 6.52. The van der Waals surface area contributed by atoms with Gasteiger partial charge in [0.1, 0.15) is 5.75 Å². The zero-order valence-electron chi connectivity index (χ0n) is 11.7. The van der Waals surface area contributed by atoms with E-state index >= 15 is 0 Å². The number of hydrogen-bond acceptors (Lipinski definition) is 2. The lowest BCUT2D eigenvalue weighted by atomic mass is 9.96. The lowest BCUT2D eigenvalue weighted by molar-refractivity contribution is 0.267. The first-order chi connectivity index (χ1) is 9.20. The molecule has 0 spiro atoms. The highest BCUT2D eigenvalue weighted by molar-refractivity contribution is 6.31. The van der Waals surface area contributed by atoms with Gasteiger partial charge in [0.15, 0.2) is 0 Å². The summed E-state index contributed by atoms with van der Waals surface area (Å²) >= 11 is 6.18. The average Bonchev–Trinajstić information content (AvgIpc) is 2.60. The van der Waals surface area contributed by atoms with Crippen LogP contribution in [0.1, 0.15) is 44.6 Å². The highest BCUT2D eigenvalue weighted by Gasteiger charge is 2.18. The molecule has 0 aliphatic carbocycles. The van der Waals surface area contributed by atoms with Gasteiger partial charge in [-0.15, -0.1) is 0 Å². The van der Waals surface area contributed by atoms with Crippen molar-refractivity contribution in [2.45, 2.75) is 45.6 Å². The van der Waals surface area contributed by atoms with E-state index < -0.39 is 0 Å². The van der Waals surface area contributed by atoms with Crippen molar-refractivity contribution < 1.29 is 5.11 Å². The molecule has 1 heterocycles. The van der Waals surface area contributed by atoms with Gasteiger partial charge in [0.05, 0.1) is 0 Å². The summed E-state index contributed by atoms with van der Waals surface area (Å²) in [5.41, 5.74) is 0.873. The largest absolute Gasteiger partial charge is 0.508 e. The fourth-order valence-electron chi connectivity index (χ4n) is 3.01. The molecule has 1 aromatic carbocycles. The van der Waals surface area contributed by atoms with E-state index in [0.717, 1.165) is 31.1 Å². The van der Waals surface area contributed by atoms with E-state index in [1.54, 1.807) is 12.1 Å². The normalized spacial score (nSPS) is 21.3. The van der Waals surface area contributed by atoms with Gasteiger partial charge in [-0.2, -0.15) is 0 Å². The van der Waals surface area contributed by atoms with E-state index in [2.05, 4.69) is 11.8 Å². The van der Waals surface area contributed by atoms with Crippen LogP contribution < -0.4 is 0 Å². The van der Waals surface area contributed by atoms with Gasteiger partial charge in [-0.1, -0.05) is 37.4 Å². The second kappa shape index (κ2) is 7.16. The number of benzene rings is 1. The summed E-state index contributed by atoms with van der Waals surface area (Å²) < 4.78 is 0. The summed E-state index contributed by atoms with van der Waals surface area (Å²) in [6.45, 7) is 5.27. The summed E-state index contributed by atoms with van der Waals surface area (Å²) in [7, 11) is 0. The molecule has 3 heteroatoms. The molecule has 0 radical (unpaired) electrons. The van der Waals surface area contributed by atoms with Crippen molar-refractivity contribution in [2.75, 3.05) is 13.1 Å². The smallest absolute Gasteiger partial charge is 0.121 e. The first kappa shape index (κ1) is 14.7. The molecule has 106 valence electrons. The van der Waals surface area contributed by atoms with E-state index in [4.69, 9.17) is 11.6 Å². The Hall–Kier alpha value is -0.730. The molecule has 0 amide bonds. The van der Waals surface area contributed by atoms with Crippen molar-refractivity contribution >= 4 is 11.6 Å². The minimum absolute atomic E-state index is 0.321. The monoisotopic (exact) mass is 281 g/mol. The Balaban J connectivity index is 1.96. The lowest BCUT2D eigenvalue weighted by Gasteiger charge is -2.21. The second-order valence-electron chi connectivity index (χ2n) is 5.60. The van der Waals surface area contributed by atoms with Crippen LogP contribution >= 0.6 is 11.6 Å². The molecule has 2 rings (SSSR count). The van der Waals surface area contributed by atoms with Crippen LogP contribution in [0.5, 0.6) is 5.75 Å². The van der Waals surface area contributed by atoms with Gasteiger partial charge in [0, 0.05) is 17.1 Å². The Labute approximate surface area is 121 Å².